The molecule has 0 aromatic carbocycles. The minimum Gasteiger partial charge on any atom is -0.378 e. The lowest BCUT2D eigenvalue weighted by molar-refractivity contribution is -0.132. The van der Waals surface area contributed by atoms with Crippen LogP contribution in [0.2, 0.25) is 0 Å². The Balaban J connectivity index is 1.78. The molecule has 1 amide bonds. The highest BCUT2D eigenvalue weighted by atomic mass is 32.2. The van der Waals surface area contributed by atoms with Gasteiger partial charge in [0.25, 0.3) is 0 Å². The van der Waals surface area contributed by atoms with E-state index in [9.17, 15) is 13.2 Å². The molecule has 5 nitrogen and oxygen atoms in total. The van der Waals surface area contributed by atoms with Crippen LogP contribution in [0, 0.1) is 0 Å². The van der Waals surface area contributed by atoms with Gasteiger partial charge in [-0.15, -0.1) is 0 Å². The topological polar surface area (TPSA) is 63.7 Å². The van der Waals surface area contributed by atoms with Crippen molar-refractivity contribution in [2.24, 2.45) is 0 Å². The molecule has 2 rings (SSSR count). The van der Waals surface area contributed by atoms with Gasteiger partial charge >= 0.3 is 0 Å². The molecule has 0 spiro atoms. The second kappa shape index (κ2) is 5.57. The zero-order valence-corrected chi connectivity index (χ0v) is 11.6. The predicted molar refractivity (Wildman–Crippen MR) is 68.0 cm³/mol. The van der Waals surface area contributed by atoms with Gasteiger partial charge in [0, 0.05) is 26.1 Å². The Morgan fingerprint density at radius 1 is 1.39 bits per heavy atom. The van der Waals surface area contributed by atoms with Gasteiger partial charge in [0.05, 0.1) is 17.6 Å². The van der Waals surface area contributed by atoms with Crippen molar-refractivity contribution in [3.05, 3.63) is 0 Å². The van der Waals surface area contributed by atoms with E-state index in [1.807, 2.05) is 0 Å². The van der Waals surface area contributed by atoms with E-state index in [-0.39, 0.29) is 29.6 Å². The first kappa shape index (κ1) is 13.8. The van der Waals surface area contributed by atoms with E-state index in [0.717, 1.165) is 25.9 Å². The first-order valence-corrected chi connectivity index (χ1v) is 8.38. The molecular weight excluding hydrogens is 254 g/mol. The summed E-state index contributed by atoms with van der Waals surface area (Å²) in [5.41, 5.74) is 0. The lowest BCUT2D eigenvalue weighted by Gasteiger charge is -2.24. The molecule has 0 N–H and O–H groups in total. The Hall–Kier alpha value is -0.620. The molecule has 0 unspecified atom stereocenters. The molecule has 0 radical (unpaired) electrons. The quantitative estimate of drug-likeness (QED) is 0.753. The zero-order valence-electron chi connectivity index (χ0n) is 10.8. The van der Waals surface area contributed by atoms with Crippen LogP contribution in [0.4, 0.5) is 0 Å². The Labute approximate surface area is 108 Å². The third-order valence-electron chi connectivity index (χ3n) is 3.85. The van der Waals surface area contributed by atoms with Crippen molar-refractivity contribution in [1.82, 2.24) is 4.90 Å². The molecule has 0 aromatic heterocycles. The molecule has 2 heterocycles. The number of nitrogens with zero attached hydrogens (tertiary/aromatic N) is 1. The SMILES string of the molecule is CN(C(=O)CC[C@H]1CCCO1)[C@H]1CCS(=O)(=O)C1. The molecule has 6 heteroatoms. The molecule has 104 valence electrons. The normalized spacial score (nSPS) is 30.5. The van der Waals surface area contributed by atoms with Crippen molar-refractivity contribution in [3.8, 4) is 0 Å². The van der Waals surface area contributed by atoms with Gasteiger partial charge in [-0.25, -0.2) is 8.42 Å². The molecule has 18 heavy (non-hydrogen) atoms. The standard InChI is InChI=1S/C12H21NO4S/c1-13(10-6-8-18(15,16)9-10)12(14)5-4-11-3-2-7-17-11/h10-11H,2-9H2,1H3/t10-,11+/m0/s1. The summed E-state index contributed by atoms with van der Waals surface area (Å²) in [7, 11) is -1.21. The second-order valence-electron chi connectivity index (χ2n) is 5.24. The fourth-order valence-corrected chi connectivity index (χ4v) is 4.39. The zero-order chi connectivity index (χ0) is 13.2. The van der Waals surface area contributed by atoms with Crippen molar-refractivity contribution in [2.75, 3.05) is 25.2 Å². The minimum absolute atomic E-state index is 0.0348. The van der Waals surface area contributed by atoms with E-state index in [4.69, 9.17) is 4.74 Å². The first-order chi connectivity index (χ1) is 8.48. The van der Waals surface area contributed by atoms with E-state index < -0.39 is 9.84 Å². The molecule has 2 fully saturated rings. The number of amides is 1. The van der Waals surface area contributed by atoms with Crippen molar-refractivity contribution < 1.29 is 17.9 Å². The Morgan fingerprint density at radius 2 is 2.17 bits per heavy atom. The maximum atomic E-state index is 12.0. The van der Waals surface area contributed by atoms with Crippen LogP contribution in [0.15, 0.2) is 0 Å². The highest BCUT2D eigenvalue weighted by Gasteiger charge is 2.32. The third-order valence-corrected chi connectivity index (χ3v) is 5.60. The maximum absolute atomic E-state index is 12.0. The molecule has 0 aromatic rings. The van der Waals surface area contributed by atoms with Crippen LogP contribution >= 0.6 is 0 Å². The highest BCUT2D eigenvalue weighted by Crippen LogP contribution is 2.20. The third kappa shape index (κ3) is 3.45. The lowest BCUT2D eigenvalue weighted by atomic mass is 10.1. The molecule has 0 bridgehead atoms. The van der Waals surface area contributed by atoms with Crippen LogP contribution in [-0.4, -0.2) is 56.5 Å². The molecule has 2 saturated heterocycles. The van der Waals surface area contributed by atoms with Crippen molar-refractivity contribution in [3.63, 3.8) is 0 Å². The van der Waals surface area contributed by atoms with E-state index in [1.54, 1.807) is 11.9 Å². The average Bonchev–Trinajstić information content (AvgIpc) is 2.94. The summed E-state index contributed by atoms with van der Waals surface area (Å²) in [5.74, 6) is 0.364. The van der Waals surface area contributed by atoms with E-state index in [0.29, 0.717) is 12.8 Å². The Morgan fingerprint density at radius 3 is 2.72 bits per heavy atom. The number of rotatable bonds is 4. The largest absolute Gasteiger partial charge is 0.378 e. The van der Waals surface area contributed by atoms with E-state index >= 15 is 0 Å². The maximum Gasteiger partial charge on any atom is 0.222 e. The summed E-state index contributed by atoms with van der Waals surface area (Å²) in [6, 6.07) is -0.132. The second-order valence-corrected chi connectivity index (χ2v) is 7.46. The van der Waals surface area contributed by atoms with Gasteiger partial charge in [0.2, 0.25) is 5.91 Å². The van der Waals surface area contributed by atoms with Crippen LogP contribution in [0.1, 0.15) is 32.1 Å². The lowest BCUT2D eigenvalue weighted by Crippen LogP contribution is -2.38. The summed E-state index contributed by atoms with van der Waals surface area (Å²) in [4.78, 5) is 13.6. The number of ether oxygens (including phenoxy) is 1. The molecule has 2 aliphatic rings. The number of hydrogen-bond donors (Lipinski definition) is 0. The first-order valence-electron chi connectivity index (χ1n) is 6.55. The fraction of sp³-hybridized carbons (Fsp3) is 0.917. The van der Waals surface area contributed by atoms with Gasteiger partial charge in [0.15, 0.2) is 9.84 Å². The molecule has 2 aliphatic heterocycles. The van der Waals surface area contributed by atoms with Gasteiger partial charge in [-0.05, 0) is 25.7 Å². The molecule has 2 atom stereocenters. The summed E-state index contributed by atoms with van der Waals surface area (Å²) in [6.07, 6.45) is 4.12. The van der Waals surface area contributed by atoms with Gasteiger partial charge < -0.3 is 9.64 Å². The number of sulfone groups is 1. The Kier molecular flexibility index (Phi) is 4.27. The smallest absolute Gasteiger partial charge is 0.222 e. The molecule has 0 aliphatic carbocycles. The molecular formula is C12H21NO4S. The van der Waals surface area contributed by atoms with Crippen LogP contribution < -0.4 is 0 Å². The van der Waals surface area contributed by atoms with Gasteiger partial charge in [-0.1, -0.05) is 0 Å². The van der Waals surface area contributed by atoms with Gasteiger partial charge in [-0.2, -0.15) is 0 Å². The number of hydrogen-bond acceptors (Lipinski definition) is 4. The monoisotopic (exact) mass is 275 g/mol. The Bertz CT molecular complexity index is 400. The van der Waals surface area contributed by atoms with E-state index in [1.165, 1.54) is 0 Å². The van der Waals surface area contributed by atoms with Gasteiger partial charge in [0.1, 0.15) is 0 Å². The summed E-state index contributed by atoms with van der Waals surface area (Å²) in [6.45, 7) is 0.801. The number of carbonyl (C=O) groups excluding carboxylic acids is 1. The van der Waals surface area contributed by atoms with E-state index in [2.05, 4.69) is 0 Å². The van der Waals surface area contributed by atoms with Crippen LogP contribution in [0.3, 0.4) is 0 Å². The summed E-state index contributed by atoms with van der Waals surface area (Å²) < 4.78 is 28.2. The number of carbonyl (C=O) groups is 1. The van der Waals surface area contributed by atoms with Crippen molar-refractivity contribution in [2.45, 2.75) is 44.2 Å². The summed E-state index contributed by atoms with van der Waals surface area (Å²) in [5, 5.41) is 0. The summed E-state index contributed by atoms with van der Waals surface area (Å²) >= 11 is 0. The predicted octanol–water partition coefficient (Wildman–Crippen LogP) is 0.591. The minimum atomic E-state index is -2.92. The van der Waals surface area contributed by atoms with Crippen LogP contribution in [0.25, 0.3) is 0 Å². The van der Waals surface area contributed by atoms with Crippen LogP contribution in [0.5, 0.6) is 0 Å². The fourth-order valence-electron chi connectivity index (χ4n) is 2.62. The average molecular weight is 275 g/mol. The van der Waals surface area contributed by atoms with Crippen molar-refractivity contribution >= 4 is 15.7 Å². The molecule has 0 saturated carbocycles. The van der Waals surface area contributed by atoms with Gasteiger partial charge in [-0.3, -0.25) is 4.79 Å². The van der Waals surface area contributed by atoms with Crippen LogP contribution in [-0.2, 0) is 19.4 Å². The highest BCUT2D eigenvalue weighted by molar-refractivity contribution is 7.91. The van der Waals surface area contributed by atoms with Crippen molar-refractivity contribution in [1.29, 1.82) is 0 Å².